The Balaban J connectivity index is 3.16. The first kappa shape index (κ1) is 18.1. The molecule has 1 aliphatic rings. The Morgan fingerprint density at radius 1 is 1.14 bits per heavy atom. The second-order valence-corrected chi connectivity index (χ2v) is 12.2. The molecule has 6 nitrogen and oxygen atoms in total. The molecule has 0 aromatic rings. The quantitative estimate of drug-likeness (QED) is 0.437. The molecule has 122 valence electrons. The number of esters is 2. The molecule has 1 saturated heterocycles. The summed E-state index contributed by atoms with van der Waals surface area (Å²) in [6.45, 7) is 10.3. The second-order valence-electron chi connectivity index (χ2n) is 6.78. The molecular formula is C14H26O6Si. The minimum atomic E-state index is -1.94. The van der Waals surface area contributed by atoms with Crippen LogP contribution in [0.15, 0.2) is 0 Å². The molecule has 0 bridgehead atoms. The topological polar surface area (TPSA) is 71.1 Å². The molecule has 0 amide bonds. The van der Waals surface area contributed by atoms with Gasteiger partial charge in [-0.15, -0.1) is 0 Å². The lowest BCUT2D eigenvalue weighted by Gasteiger charge is -2.36. The van der Waals surface area contributed by atoms with Gasteiger partial charge in [0.1, 0.15) is 0 Å². The summed E-state index contributed by atoms with van der Waals surface area (Å²) in [6.07, 6.45) is -0.324. The summed E-state index contributed by atoms with van der Waals surface area (Å²) in [6, 6.07) is 0. The molecule has 7 heteroatoms. The smallest absolute Gasteiger partial charge is 0.320 e. The van der Waals surface area contributed by atoms with Crippen LogP contribution in [-0.4, -0.2) is 52.7 Å². The van der Waals surface area contributed by atoms with E-state index >= 15 is 0 Å². The van der Waals surface area contributed by atoms with Gasteiger partial charge in [-0.3, -0.25) is 9.59 Å². The third-order valence-corrected chi connectivity index (χ3v) is 6.41. The third kappa shape index (κ3) is 4.27. The molecule has 0 radical (unpaired) electrons. The SMILES string of the molecule is COC(=O)C(C(=O)OC)[C@H]([C@@H]1COC(C)(C)O1)[Si](C)(C)C. The lowest BCUT2D eigenvalue weighted by atomic mass is 10.0. The number of carbonyl (C=O) groups excluding carboxylic acids is 2. The largest absolute Gasteiger partial charge is 0.468 e. The van der Waals surface area contributed by atoms with E-state index < -0.39 is 31.7 Å². The van der Waals surface area contributed by atoms with Crippen LogP contribution < -0.4 is 0 Å². The maximum atomic E-state index is 12.1. The van der Waals surface area contributed by atoms with E-state index in [2.05, 4.69) is 19.6 Å². The van der Waals surface area contributed by atoms with Crippen LogP contribution >= 0.6 is 0 Å². The molecule has 0 unspecified atom stereocenters. The van der Waals surface area contributed by atoms with Gasteiger partial charge in [-0.05, 0) is 13.8 Å². The summed E-state index contributed by atoms with van der Waals surface area (Å²) in [5.41, 5.74) is -0.279. The summed E-state index contributed by atoms with van der Waals surface area (Å²) in [5.74, 6) is -2.85. The Morgan fingerprint density at radius 2 is 1.62 bits per heavy atom. The van der Waals surface area contributed by atoms with Crippen LogP contribution in [0.4, 0.5) is 0 Å². The van der Waals surface area contributed by atoms with Crippen molar-refractivity contribution in [2.45, 2.75) is 50.9 Å². The monoisotopic (exact) mass is 318 g/mol. The van der Waals surface area contributed by atoms with Crippen LogP contribution in [-0.2, 0) is 28.5 Å². The third-order valence-electron chi connectivity index (χ3n) is 3.70. The molecule has 0 aliphatic carbocycles. The molecule has 1 aliphatic heterocycles. The first-order valence-corrected chi connectivity index (χ1v) is 10.6. The average Bonchev–Trinajstić information content (AvgIpc) is 2.72. The van der Waals surface area contributed by atoms with Crippen molar-refractivity contribution in [3.05, 3.63) is 0 Å². The maximum Gasteiger partial charge on any atom is 0.320 e. The van der Waals surface area contributed by atoms with Crippen molar-refractivity contribution >= 4 is 20.0 Å². The van der Waals surface area contributed by atoms with Crippen molar-refractivity contribution in [2.24, 2.45) is 5.92 Å². The summed E-state index contributed by atoms with van der Waals surface area (Å²) in [5, 5.41) is 0. The Morgan fingerprint density at radius 3 is 1.90 bits per heavy atom. The van der Waals surface area contributed by atoms with E-state index in [0.717, 1.165) is 0 Å². The summed E-state index contributed by atoms with van der Waals surface area (Å²) < 4.78 is 21.1. The van der Waals surface area contributed by atoms with E-state index in [1.54, 1.807) is 0 Å². The molecule has 0 spiro atoms. The van der Waals surface area contributed by atoms with Gasteiger partial charge in [-0.1, -0.05) is 19.6 Å². The number of hydrogen-bond donors (Lipinski definition) is 0. The molecule has 1 rings (SSSR count). The predicted octanol–water partition coefficient (Wildman–Crippen LogP) is 1.81. The number of rotatable bonds is 5. The molecular weight excluding hydrogens is 292 g/mol. The van der Waals surface area contributed by atoms with E-state index in [-0.39, 0.29) is 11.6 Å². The molecule has 2 atom stereocenters. The fourth-order valence-electron chi connectivity index (χ4n) is 2.81. The van der Waals surface area contributed by atoms with Gasteiger partial charge in [0.25, 0.3) is 0 Å². The van der Waals surface area contributed by atoms with Crippen LogP contribution in [0, 0.1) is 5.92 Å². The highest BCUT2D eigenvalue weighted by Gasteiger charge is 2.51. The van der Waals surface area contributed by atoms with E-state index in [1.165, 1.54) is 14.2 Å². The molecule has 0 aromatic heterocycles. The van der Waals surface area contributed by atoms with Crippen molar-refractivity contribution in [1.82, 2.24) is 0 Å². The molecule has 0 N–H and O–H groups in total. The average molecular weight is 318 g/mol. The number of methoxy groups -OCH3 is 2. The Kier molecular flexibility index (Phi) is 5.57. The van der Waals surface area contributed by atoms with Gasteiger partial charge in [0, 0.05) is 5.54 Å². The Bertz CT molecular complexity index is 385. The van der Waals surface area contributed by atoms with Crippen LogP contribution in [0.1, 0.15) is 13.8 Å². The van der Waals surface area contributed by atoms with Gasteiger partial charge in [-0.25, -0.2) is 0 Å². The molecule has 0 saturated carbocycles. The first-order chi connectivity index (χ1) is 9.53. The van der Waals surface area contributed by atoms with E-state index in [1.807, 2.05) is 13.8 Å². The van der Waals surface area contributed by atoms with Gasteiger partial charge in [0.05, 0.1) is 35.0 Å². The van der Waals surface area contributed by atoms with Crippen molar-refractivity contribution < 1.29 is 28.5 Å². The number of hydrogen-bond acceptors (Lipinski definition) is 6. The van der Waals surface area contributed by atoms with Crippen LogP contribution in [0.25, 0.3) is 0 Å². The molecule has 1 heterocycles. The second kappa shape index (κ2) is 6.45. The van der Waals surface area contributed by atoms with E-state index in [9.17, 15) is 9.59 Å². The van der Waals surface area contributed by atoms with Gasteiger partial charge in [0.2, 0.25) is 0 Å². The van der Waals surface area contributed by atoms with Crippen molar-refractivity contribution in [3.63, 3.8) is 0 Å². The Hall–Kier alpha value is -0.923. The van der Waals surface area contributed by atoms with Crippen LogP contribution in [0.2, 0.25) is 25.2 Å². The normalized spacial score (nSPS) is 23.0. The number of ether oxygens (including phenoxy) is 4. The van der Waals surface area contributed by atoms with E-state index in [0.29, 0.717) is 6.61 Å². The summed E-state index contributed by atoms with van der Waals surface area (Å²) in [7, 11) is 0.605. The number of carbonyl (C=O) groups is 2. The van der Waals surface area contributed by atoms with Gasteiger partial charge < -0.3 is 18.9 Å². The van der Waals surface area contributed by atoms with E-state index in [4.69, 9.17) is 18.9 Å². The zero-order valence-electron chi connectivity index (χ0n) is 13.9. The minimum Gasteiger partial charge on any atom is -0.468 e. The first-order valence-electron chi connectivity index (χ1n) is 7.01. The summed E-state index contributed by atoms with van der Waals surface area (Å²) in [4.78, 5) is 24.2. The fourth-order valence-corrected chi connectivity index (χ4v) is 5.36. The molecule has 21 heavy (non-hydrogen) atoms. The van der Waals surface area contributed by atoms with Gasteiger partial charge in [-0.2, -0.15) is 0 Å². The molecule has 0 aromatic carbocycles. The maximum absolute atomic E-state index is 12.1. The highest BCUT2D eigenvalue weighted by atomic mass is 28.3. The van der Waals surface area contributed by atoms with Crippen molar-refractivity contribution in [2.75, 3.05) is 20.8 Å². The van der Waals surface area contributed by atoms with Crippen LogP contribution in [0.3, 0.4) is 0 Å². The lowest BCUT2D eigenvalue weighted by Crippen LogP contribution is -2.48. The fraction of sp³-hybridized carbons (Fsp3) is 0.857. The highest BCUT2D eigenvalue weighted by Crippen LogP contribution is 2.41. The lowest BCUT2D eigenvalue weighted by molar-refractivity contribution is -0.164. The van der Waals surface area contributed by atoms with Crippen molar-refractivity contribution in [3.8, 4) is 0 Å². The standard InChI is InChI=1S/C14H26O6Si/c1-14(2)19-8-9(20-14)11(21(5,6)7)10(12(15)17-3)13(16)18-4/h9-11H,8H2,1-7H3/t9-,11-/m0/s1. The highest BCUT2D eigenvalue weighted by molar-refractivity contribution is 6.78. The zero-order chi connectivity index (χ0) is 16.4. The van der Waals surface area contributed by atoms with Gasteiger partial charge >= 0.3 is 11.9 Å². The Labute approximate surface area is 127 Å². The van der Waals surface area contributed by atoms with Crippen molar-refractivity contribution in [1.29, 1.82) is 0 Å². The zero-order valence-corrected chi connectivity index (χ0v) is 14.9. The predicted molar refractivity (Wildman–Crippen MR) is 79.5 cm³/mol. The minimum absolute atomic E-state index is 0.279. The van der Waals surface area contributed by atoms with Gasteiger partial charge in [0.15, 0.2) is 11.7 Å². The summed E-state index contributed by atoms with van der Waals surface area (Å²) >= 11 is 0. The van der Waals surface area contributed by atoms with Crippen LogP contribution in [0.5, 0.6) is 0 Å². The molecule has 1 fully saturated rings.